The van der Waals surface area contributed by atoms with Gasteiger partial charge in [0, 0.05) is 29.8 Å². The van der Waals surface area contributed by atoms with Crippen LogP contribution in [0.15, 0.2) is 79.4 Å². The zero-order valence-corrected chi connectivity index (χ0v) is 16.6. The third-order valence-corrected chi connectivity index (χ3v) is 4.33. The lowest BCUT2D eigenvalue weighted by atomic mass is 10.2. The fourth-order valence-corrected chi connectivity index (χ4v) is 2.76. The predicted molar refractivity (Wildman–Crippen MR) is 114 cm³/mol. The number of aromatic nitrogens is 4. The smallest absolute Gasteiger partial charge is 0.265 e. The van der Waals surface area contributed by atoms with Gasteiger partial charge in [0.2, 0.25) is 0 Å². The lowest BCUT2D eigenvalue weighted by Crippen LogP contribution is -2.30. The zero-order chi connectivity index (χ0) is 21.6. The Morgan fingerprint density at radius 1 is 1.06 bits per heavy atom. The van der Waals surface area contributed by atoms with E-state index in [2.05, 4.69) is 25.7 Å². The summed E-state index contributed by atoms with van der Waals surface area (Å²) in [6, 6.07) is 16.6. The number of amides is 1. The summed E-state index contributed by atoms with van der Waals surface area (Å²) in [5, 5.41) is 10.1. The van der Waals surface area contributed by atoms with E-state index >= 15 is 0 Å². The summed E-state index contributed by atoms with van der Waals surface area (Å²) in [5.74, 6) is 0.366. The Morgan fingerprint density at radius 3 is 2.58 bits per heavy atom. The lowest BCUT2D eigenvalue weighted by Gasteiger charge is -2.15. The molecule has 31 heavy (non-hydrogen) atoms. The molecule has 0 saturated carbocycles. The van der Waals surface area contributed by atoms with Crippen molar-refractivity contribution in [3.05, 3.63) is 85.2 Å². The summed E-state index contributed by atoms with van der Waals surface area (Å²) >= 11 is 0. The summed E-state index contributed by atoms with van der Waals surface area (Å²) in [6.07, 6.45) is 4.05. The molecule has 0 bridgehead atoms. The van der Waals surface area contributed by atoms with Crippen LogP contribution in [0.2, 0.25) is 0 Å². The van der Waals surface area contributed by atoms with Gasteiger partial charge in [-0.05, 0) is 49.4 Å². The van der Waals surface area contributed by atoms with Gasteiger partial charge < -0.3 is 15.4 Å². The number of rotatable bonds is 7. The monoisotopic (exact) mass is 418 g/mol. The standard InChI is InChI=1S/C22H19FN6O2/c1-15(31-19-6-3-2-5-18(19)23)22(30)28-17-9-7-16(8-10-17)27-20-13-21(25-14-24-20)29-12-4-11-26-29/h2-15H,1H3,(H,28,30)(H,24,25,27)/t15-/m0/s1. The second-order valence-corrected chi connectivity index (χ2v) is 6.59. The van der Waals surface area contributed by atoms with Crippen LogP contribution < -0.4 is 15.4 Å². The Hall–Kier alpha value is -4.27. The number of nitrogens with one attached hydrogen (secondary N) is 2. The maximum atomic E-state index is 13.7. The Labute approximate surface area is 177 Å². The van der Waals surface area contributed by atoms with E-state index < -0.39 is 11.9 Å². The molecule has 0 fully saturated rings. The molecule has 0 aliphatic rings. The quantitative estimate of drug-likeness (QED) is 0.472. The second-order valence-electron chi connectivity index (χ2n) is 6.59. The summed E-state index contributed by atoms with van der Waals surface area (Å²) < 4.78 is 20.7. The van der Waals surface area contributed by atoms with Crippen molar-refractivity contribution in [3.8, 4) is 11.6 Å². The molecule has 1 amide bonds. The number of carbonyl (C=O) groups is 1. The van der Waals surface area contributed by atoms with Gasteiger partial charge in [-0.3, -0.25) is 4.79 Å². The van der Waals surface area contributed by atoms with E-state index in [0.717, 1.165) is 5.69 Å². The zero-order valence-electron chi connectivity index (χ0n) is 16.6. The van der Waals surface area contributed by atoms with Gasteiger partial charge >= 0.3 is 0 Å². The predicted octanol–water partition coefficient (Wildman–Crippen LogP) is 3.95. The van der Waals surface area contributed by atoms with E-state index in [9.17, 15) is 9.18 Å². The molecule has 1 atom stereocenters. The van der Waals surface area contributed by atoms with Crippen LogP contribution in [0.1, 0.15) is 6.92 Å². The normalized spacial score (nSPS) is 11.5. The number of halogens is 1. The van der Waals surface area contributed by atoms with E-state index in [1.54, 1.807) is 66.5 Å². The molecule has 8 nitrogen and oxygen atoms in total. The summed E-state index contributed by atoms with van der Waals surface area (Å²) in [4.78, 5) is 20.7. The van der Waals surface area contributed by atoms with Gasteiger partial charge in [-0.15, -0.1) is 0 Å². The van der Waals surface area contributed by atoms with Gasteiger partial charge in [0.1, 0.15) is 12.1 Å². The van der Waals surface area contributed by atoms with Gasteiger partial charge in [-0.25, -0.2) is 19.0 Å². The summed E-state index contributed by atoms with van der Waals surface area (Å²) in [5.41, 5.74) is 1.36. The van der Waals surface area contributed by atoms with E-state index in [1.807, 2.05) is 6.07 Å². The Morgan fingerprint density at radius 2 is 1.84 bits per heavy atom. The van der Waals surface area contributed by atoms with Crippen LogP contribution in [0.4, 0.5) is 21.6 Å². The molecule has 2 heterocycles. The SMILES string of the molecule is C[C@H](Oc1ccccc1F)C(=O)Nc1ccc(Nc2cc(-n3cccn3)ncn2)cc1. The molecule has 156 valence electrons. The average Bonchev–Trinajstić information content (AvgIpc) is 3.32. The van der Waals surface area contributed by atoms with Gasteiger partial charge in [0.25, 0.3) is 5.91 Å². The van der Waals surface area contributed by atoms with E-state index in [1.165, 1.54) is 18.5 Å². The van der Waals surface area contributed by atoms with Crippen LogP contribution in [0.5, 0.6) is 5.75 Å². The molecular formula is C22H19FN6O2. The van der Waals surface area contributed by atoms with E-state index in [4.69, 9.17) is 4.74 Å². The van der Waals surface area contributed by atoms with Crippen molar-refractivity contribution in [1.29, 1.82) is 0 Å². The first kappa shape index (κ1) is 20.0. The molecule has 0 spiro atoms. The van der Waals surface area contributed by atoms with Crippen LogP contribution in [0.25, 0.3) is 5.82 Å². The molecule has 2 aromatic heterocycles. The van der Waals surface area contributed by atoms with Crippen LogP contribution in [0.3, 0.4) is 0 Å². The van der Waals surface area contributed by atoms with Crippen molar-refractivity contribution in [2.45, 2.75) is 13.0 Å². The third-order valence-electron chi connectivity index (χ3n) is 4.33. The fourth-order valence-electron chi connectivity index (χ4n) is 2.76. The largest absolute Gasteiger partial charge is 0.478 e. The van der Waals surface area contributed by atoms with Crippen molar-refractivity contribution in [2.75, 3.05) is 10.6 Å². The topological polar surface area (TPSA) is 94.0 Å². The molecule has 0 saturated heterocycles. The van der Waals surface area contributed by atoms with Crippen molar-refractivity contribution in [1.82, 2.24) is 19.7 Å². The fraction of sp³-hybridized carbons (Fsp3) is 0.0909. The number of ether oxygens (including phenoxy) is 1. The van der Waals surface area contributed by atoms with Gasteiger partial charge in [0.15, 0.2) is 23.5 Å². The number of hydrogen-bond acceptors (Lipinski definition) is 6. The van der Waals surface area contributed by atoms with Crippen molar-refractivity contribution >= 4 is 23.1 Å². The van der Waals surface area contributed by atoms with Crippen molar-refractivity contribution < 1.29 is 13.9 Å². The van der Waals surface area contributed by atoms with Gasteiger partial charge in [-0.1, -0.05) is 12.1 Å². The maximum Gasteiger partial charge on any atom is 0.265 e. The maximum absolute atomic E-state index is 13.7. The molecule has 0 radical (unpaired) electrons. The molecule has 2 aromatic carbocycles. The Bertz CT molecular complexity index is 1160. The molecule has 0 unspecified atom stereocenters. The summed E-state index contributed by atoms with van der Waals surface area (Å²) in [6.45, 7) is 1.56. The highest BCUT2D eigenvalue weighted by Gasteiger charge is 2.16. The van der Waals surface area contributed by atoms with E-state index in [-0.39, 0.29) is 11.7 Å². The van der Waals surface area contributed by atoms with Crippen molar-refractivity contribution in [2.24, 2.45) is 0 Å². The average molecular weight is 418 g/mol. The minimum absolute atomic E-state index is 0.0315. The van der Waals surface area contributed by atoms with Crippen LogP contribution >= 0.6 is 0 Å². The lowest BCUT2D eigenvalue weighted by molar-refractivity contribution is -0.122. The molecule has 9 heteroatoms. The molecule has 4 rings (SSSR count). The van der Waals surface area contributed by atoms with E-state index in [0.29, 0.717) is 17.3 Å². The summed E-state index contributed by atoms with van der Waals surface area (Å²) in [7, 11) is 0. The van der Waals surface area contributed by atoms with Gasteiger partial charge in [0.05, 0.1) is 0 Å². The van der Waals surface area contributed by atoms with Crippen molar-refractivity contribution in [3.63, 3.8) is 0 Å². The highest BCUT2D eigenvalue weighted by atomic mass is 19.1. The minimum atomic E-state index is -0.864. The highest BCUT2D eigenvalue weighted by Crippen LogP contribution is 2.20. The molecule has 0 aliphatic heterocycles. The Kier molecular flexibility index (Phi) is 5.84. The first-order valence-electron chi connectivity index (χ1n) is 9.50. The molecule has 0 aliphatic carbocycles. The van der Waals surface area contributed by atoms with Crippen LogP contribution in [-0.2, 0) is 4.79 Å². The highest BCUT2D eigenvalue weighted by molar-refractivity contribution is 5.94. The second kappa shape index (κ2) is 9.04. The van der Waals surface area contributed by atoms with Crippen LogP contribution in [0, 0.1) is 5.82 Å². The number of anilines is 3. The Balaban J connectivity index is 1.36. The molecular weight excluding hydrogens is 399 g/mol. The number of nitrogens with zero attached hydrogens (tertiary/aromatic N) is 4. The van der Waals surface area contributed by atoms with Crippen LogP contribution in [-0.4, -0.2) is 31.8 Å². The number of carbonyl (C=O) groups excluding carboxylic acids is 1. The molecule has 4 aromatic rings. The number of para-hydroxylation sites is 1. The number of hydrogen-bond donors (Lipinski definition) is 2. The first-order chi connectivity index (χ1) is 15.1. The first-order valence-corrected chi connectivity index (χ1v) is 9.50. The minimum Gasteiger partial charge on any atom is -0.478 e. The third kappa shape index (κ3) is 5.02. The van der Waals surface area contributed by atoms with Gasteiger partial charge in [-0.2, -0.15) is 5.10 Å². The number of benzene rings is 2. The molecule has 2 N–H and O–H groups in total.